The summed E-state index contributed by atoms with van der Waals surface area (Å²) in [6.07, 6.45) is 6.61. The van der Waals surface area contributed by atoms with Crippen LogP contribution in [0, 0.1) is 17.2 Å². The van der Waals surface area contributed by atoms with Crippen molar-refractivity contribution in [1.29, 1.82) is 5.26 Å². The number of rotatable bonds is 8. The minimum absolute atomic E-state index is 0.0378. The van der Waals surface area contributed by atoms with Crippen LogP contribution in [0.25, 0.3) is 16.6 Å². The van der Waals surface area contributed by atoms with E-state index in [1.807, 2.05) is 55.7 Å². The Balaban J connectivity index is 1.18. The number of carbonyl (C=O) groups excluding carboxylic acids is 1. The number of carbonyl (C=O) groups is 1. The van der Waals surface area contributed by atoms with Crippen LogP contribution in [0.4, 0.5) is 16.4 Å². The predicted molar refractivity (Wildman–Crippen MR) is 159 cm³/mol. The molecule has 3 aromatic heterocycles. The maximum Gasteiger partial charge on any atom is 0.323 e. The van der Waals surface area contributed by atoms with Gasteiger partial charge in [0.1, 0.15) is 34.3 Å². The van der Waals surface area contributed by atoms with Gasteiger partial charge in [-0.3, -0.25) is 9.58 Å². The van der Waals surface area contributed by atoms with Crippen LogP contribution >= 0.6 is 0 Å². The van der Waals surface area contributed by atoms with E-state index in [1.165, 1.54) is 0 Å². The third-order valence-electron chi connectivity index (χ3n) is 7.94. The molecule has 0 atom stereocenters. The number of nitriles is 1. The van der Waals surface area contributed by atoms with Crippen molar-refractivity contribution in [2.75, 3.05) is 23.4 Å². The fourth-order valence-electron chi connectivity index (χ4n) is 5.57. The lowest BCUT2D eigenvalue weighted by Gasteiger charge is -2.36. The summed E-state index contributed by atoms with van der Waals surface area (Å²) >= 11 is 0. The quantitative estimate of drug-likeness (QED) is 0.322. The number of urea groups is 1. The van der Waals surface area contributed by atoms with E-state index in [2.05, 4.69) is 38.3 Å². The number of ether oxygens (including phenoxy) is 1. The fourth-order valence-corrected chi connectivity index (χ4v) is 5.57. The molecule has 0 spiro atoms. The SMILES string of the molecule is C=C(c1ncc(C#N)c(NC2COC2)n1)C1CCC(N(C(=O)NCc2ccccc2)c2ccc3nn(C)cc3n2)CC1. The first-order chi connectivity index (χ1) is 20.5. The van der Waals surface area contributed by atoms with Gasteiger partial charge < -0.3 is 15.4 Å². The van der Waals surface area contributed by atoms with Crippen LogP contribution in [0.1, 0.15) is 42.6 Å². The number of anilines is 2. The van der Waals surface area contributed by atoms with Gasteiger partial charge in [-0.15, -0.1) is 0 Å². The Morgan fingerprint density at radius 2 is 1.90 bits per heavy atom. The lowest BCUT2D eigenvalue weighted by molar-refractivity contribution is 0.0209. The average molecular weight is 564 g/mol. The highest BCUT2D eigenvalue weighted by atomic mass is 16.5. The maximum absolute atomic E-state index is 13.7. The minimum atomic E-state index is -0.178. The van der Waals surface area contributed by atoms with E-state index in [9.17, 15) is 10.1 Å². The van der Waals surface area contributed by atoms with Gasteiger partial charge in [0, 0.05) is 19.6 Å². The predicted octanol–water partition coefficient (Wildman–Crippen LogP) is 4.43. The number of hydrogen-bond donors (Lipinski definition) is 2. The number of aromatic nitrogens is 5. The molecule has 1 aliphatic heterocycles. The lowest BCUT2D eigenvalue weighted by atomic mass is 9.81. The van der Waals surface area contributed by atoms with E-state index in [-0.39, 0.29) is 24.0 Å². The van der Waals surface area contributed by atoms with Gasteiger partial charge in [0.25, 0.3) is 0 Å². The molecule has 1 saturated carbocycles. The van der Waals surface area contributed by atoms with E-state index < -0.39 is 0 Å². The highest BCUT2D eigenvalue weighted by molar-refractivity contribution is 5.93. The summed E-state index contributed by atoms with van der Waals surface area (Å²) in [6.45, 7) is 5.95. The first-order valence-electron chi connectivity index (χ1n) is 14.2. The second-order valence-corrected chi connectivity index (χ2v) is 10.9. The summed E-state index contributed by atoms with van der Waals surface area (Å²) in [5.41, 5.74) is 3.81. The lowest BCUT2D eigenvalue weighted by Crippen LogP contribution is -2.48. The maximum atomic E-state index is 13.7. The molecule has 4 heterocycles. The second kappa shape index (κ2) is 12.0. The van der Waals surface area contributed by atoms with E-state index in [4.69, 9.17) is 9.72 Å². The largest absolute Gasteiger partial charge is 0.377 e. The van der Waals surface area contributed by atoms with Crippen LogP contribution in [-0.2, 0) is 18.3 Å². The standard InChI is InChI=1S/C31H33N9O2/c1-20(29-33-16-23(14-32)30(37-29)35-24-18-42-19-24)22-8-10-25(11-9-22)40(31(41)34-15-21-6-4-3-5-7-21)28-13-12-26-27(36-28)17-39(2)38-26/h3-7,12-13,16-17,22,24-25H,1,8-11,15,18-19H2,2H3,(H,34,41)(H,33,35,37). The summed E-state index contributed by atoms with van der Waals surface area (Å²) in [6, 6.07) is 15.7. The smallest absolute Gasteiger partial charge is 0.323 e. The van der Waals surface area contributed by atoms with Crippen molar-refractivity contribution < 1.29 is 9.53 Å². The first kappa shape index (κ1) is 27.4. The Labute approximate surface area is 244 Å². The molecule has 6 rings (SSSR count). The third-order valence-corrected chi connectivity index (χ3v) is 7.94. The Morgan fingerprint density at radius 3 is 2.62 bits per heavy atom. The number of pyridine rings is 1. The van der Waals surface area contributed by atoms with Crippen molar-refractivity contribution in [3.8, 4) is 6.07 Å². The van der Waals surface area contributed by atoms with Gasteiger partial charge in [0.15, 0.2) is 5.82 Å². The minimum Gasteiger partial charge on any atom is -0.377 e. The number of nitrogens with one attached hydrogen (secondary N) is 2. The Morgan fingerprint density at radius 1 is 1.12 bits per heavy atom. The topological polar surface area (TPSA) is 134 Å². The van der Waals surface area contributed by atoms with Gasteiger partial charge in [0.05, 0.1) is 31.6 Å². The first-order valence-corrected chi connectivity index (χ1v) is 14.2. The van der Waals surface area contributed by atoms with Crippen molar-refractivity contribution in [1.82, 2.24) is 30.0 Å². The zero-order valence-electron chi connectivity index (χ0n) is 23.5. The molecular formula is C31H33N9O2. The number of hydrogen-bond acceptors (Lipinski definition) is 8. The molecule has 2 amide bonds. The van der Waals surface area contributed by atoms with Crippen molar-refractivity contribution in [2.24, 2.45) is 13.0 Å². The van der Waals surface area contributed by atoms with Crippen molar-refractivity contribution >= 4 is 34.3 Å². The Bertz CT molecular complexity index is 1630. The summed E-state index contributed by atoms with van der Waals surface area (Å²) in [4.78, 5) is 29.4. The number of aryl methyl sites for hydroxylation is 1. The van der Waals surface area contributed by atoms with E-state index >= 15 is 0 Å². The molecule has 1 aromatic carbocycles. The average Bonchev–Trinajstić information content (AvgIpc) is 3.38. The van der Waals surface area contributed by atoms with Crippen LogP contribution in [-0.4, -0.2) is 56.1 Å². The molecule has 0 unspecified atom stereocenters. The molecule has 42 heavy (non-hydrogen) atoms. The Kier molecular flexibility index (Phi) is 7.79. The summed E-state index contributed by atoms with van der Waals surface area (Å²) in [5.74, 6) is 1.83. The highest BCUT2D eigenvalue weighted by Crippen LogP contribution is 2.37. The van der Waals surface area contributed by atoms with Gasteiger partial charge in [-0.25, -0.2) is 19.7 Å². The zero-order chi connectivity index (χ0) is 29.1. The monoisotopic (exact) mass is 563 g/mol. The zero-order valence-corrected chi connectivity index (χ0v) is 23.5. The van der Waals surface area contributed by atoms with E-state index in [1.54, 1.807) is 15.8 Å². The van der Waals surface area contributed by atoms with Gasteiger partial charge in [-0.05, 0) is 54.9 Å². The number of fused-ring (bicyclic) bond motifs is 1. The van der Waals surface area contributed by atoms with Gasteiger partial charge >= 0.3 is 6.03 Å². The van der Waals surface area contributed by atoms with E-state index in [0.717, 1.165) is 47.9 Å². The van der Waals surface area contributed by atoms with Crippen LogP contribution in [0.5, 0.6) is 0 Å². The van der Waals surface area contributed by atoms with Crippen LogP contribution in [0.2, 0.25) is 0 Å². The van der Waals surface area contributed by atoms with Gasteiger partial charge in [-0.1, -0.05) is 36.9 Å². The Hall–Kier alpha value is -4.82. The molecular weight excluding hydrogens is 530 g/mol. The molecule has 0 bridgehead atoms. The van der Waals surface area contributed by atoms with Crippen LogP contribution < -0.4 is 15.5 Å². The number of nitrogens with zero attached hydrogens (tertiary/aromatic N) is 7. The normalized spacial score (nSPS) is 18.6. The molecule has 0 radical (unpaired) electrons. The second-order valence-electron chi connectivity index (χ2n) is 10.9. The molecule has 2 aliphatic rings. The van der Waals surface area contributed by atoms with Gasteiger partial charge in [0.2, 0.25) is 0 Å². The highest BCUT2D eigenvalue weighted by Gasteiger charge is 2.33. The van der Waals surface area contributed by atoms with E-state index in [0.29, 0.717) is 42.8 Å². The van der Waals surface area contributed by atoms with Crippen LogP contribution in [0.3, 0.4) is 0 Å². The van der Waals surface area contributed by atoms with Crippen molar-refractivity contribution in [2.45, 2.75) is 44.3 Å². The molecule has 2 fully saturated rings. The number of benzene rings is 1. The number of allylic oxidation sites excluding steroid dienone is 1. The summed E-state index contributed by atoms with van der Waals surface area (Å²) in [5, 5.41) is 20.3. The molecule has 2 N–H and O–H groups in total. The van der Waals surface area contributed by atoms with Gasteiger partial charge in [-0.2, -0.15) is 10.4 Å². The summed E-state index contributed by atoms with van der Waals surface area (Å²) in [7, 11) is 1.86. The molecule has 11 heteroatoms. The molecule has 1 aliphatic carbocycles. The molecule has 11 nitrogen and oxygen atoms in total. The molecule has 1 saturated heterocycles. The third kappa shape index (κ3) is 5.80. The molecule has 214 valence electrons. The molecule has 4 aromatic rings. The fraction of sp³-hybridized carbons (Fsp3) is 0.355. The summed E-state index contributed by atoms with van der Waals surface area (Å²) < 4.78 is 6.97. The van der Waals surface area contributed by atoms with Crippen molar-refractivity contribution in [3.05, 3.63) is 78.4 Å². The van der Waals surface area contributed by atoms with Crippen LogP contribution in [0.15, 0.2) is 61.4 Å². The number of amides is 2. The van der Waals surface area contributed by atoms with Crippen molar-refractivity contribution in [3.63, 3.8) is 0 Å².